The minimum atomic E-state index is -0.605. The van der Waals surface area contributed by atoms with E-state index in [1.54, 1.807) is 0 Å². The van der Waals surface area contributed by atoms with Crippen molar-refractivity contribution in [2.45, 2.75) is 59.5 Å². The maximum atomic E-state index is 10.9. The molecule has 17 heavy (non-hydrogen) atoms. The van der Waals surface area contributed by atoms with Gasteiger partial charge in [0, 0.05) is 0 Å². The molecule has 1 saturated carbocycles. The van der Waals surface area contributed by atoms with E-state index < -0.39 is 5.60 Å². The van der Waals surface area contributed by atoms with Crippen molar-refractivity contribution in [2.24, 2.45) is 5.41 Å². The summed E-state index contributed by atoms with van der Waals surface area (Å²) in [7, 11) is 0. The predicted molar refractivity (Wildman–Crippen MR) is 72.2 cm³/mol. The molecule has 0 saturated heterocycles. The van der Waals surface area contributed by atoms with E-state index in [4.69, 9.17) is 0 Å². The molecule has 1 heteroatoms. The Morgan fingerprint density at radius 3 is 2.06 bits per heavy atom. The molecule has 2 rings (SSSR count). The third-order valence-electron chi connectivity index (χ3n) is 4.33. The Hall–Kier alpha value is -0.820. The van der Waals surface area contributed by atoms with Gasteiger partial charge in [0.25, 0.3) is 0 Å². The van der Waals surface area contributed by atoms with Crippen LogP contribution in [0.5, 0.6) is 0 Å². The van der Waals surface area contributed by atoms with Crippen LogP contribution in [0.2, 0.25) is 0 Å². The van der Waals surface area contributed by atoms with Gasteiger partial charge in [-0.05, 0) is 67.7 Å². The Balaban J connectivity index is 2.44. The second-order valence-corrected chi connectivity index (χ2v) is 6.62. The largest absolute Gasteiger partial charge is 0.385 e. The van der Waals surface area contributed by atoms with Crippen molar-refractivity contribution in [3.8, 4) is 0 Å². The first-order chi connectivity index (χ1) is 7.73. The van der Waals surface area contributed by atoms with Gasteiger partial charge >= 0.3 is 0 Å². The van der Waals surface area contributed by atoms with E-state index in [1.165, 1.54) is 16.7 Å². The molecule has 94 valence electrons. The summed E-state index contributed by atoms with van der Waals surface area (Å²) in [5.41, 5.74) is 4.63. The molecule has 1 N–H and O–H groups in total. The molecule has 1 atom stereocenters. The van der Waals surface area contributed by atoms with E-state index in [0.717, 1.165) is 24.8 Å². The van der Waals surface area contributed by atoms with Crippen LogP contribution >= 0.6 is 0 Å². The summed E-state index contributed by atoms with van der Waals surface area (Å²) in [5.74, 6) is 0. The second kappa shape index (κ2) is 3.84. The molecule has 1 fully saturated rings. The van der Waals surface area contributed by atoms with Crippen LogP contribution in [0.1, 0.15) is 55.4 Å². The molecule has 0 spiro atoms. The third kappa shape index (κ3) is 2.26. The third-order valence-corrected chi connectivity index (χ3v) is 4.33. The maximum Gasteiger partial charge on any atom is 0.0904 e. The molecule has 1 unspecified atom stereocenters. The molecule has 0 amide bonds. The number of hydrogen-bond donors (Lipinski definition) is 1. The summed E-state index contributed by atoms with van der Waals surface area (Å²) in [5, 5.41) is 10.9. The predicted octanol–water partition coefficient (Wildman–Crippen LogP) is 4.01. The van der Waals surface area contributed by atoms with Crippen LogP contribution < -0.4 is 0 Å². The van der Waals surface area contributed by atoms with Gasteiger partial charge in [-0.15, -0.1) is 0 Å². The lowest BCUT2D eigenvalue weighted by atomic mass is 9.83. The SMILES string of the molecule is Cc1cc(C)c(C2(O)CCC(C)(C)C2)cc1C. The zero-order valence-corrected chi connectivity index (χ0v) is 11.7. The molecular formula is C16H24O. The molecule has 1 aromatic rings. The molecular weight excluding hydrogens is 208 g/mol. The van der Waals surface area contributed by atoms with Crippen LogP contribution in [-0.2, 0) is 5.60 Å². The maximum absolute atomic E-state index is 10.9. The Morgan fingerprint density at radius 1 is 0.941 bits per heavy atom. The van der Waals surface area contributed by atoms with Crippen molar-refractivity contribution in [3.05, 3.63) is 34.4 Å². The van der Waals surface area contributed by atoms with Gasteiger partial charge in [0.15, 0.2) is 0 Å². The van der Waals surface area contributed by atoms with Gasteiger partial charge in [-0.3, -0.25) is 0 Å². The lowest BCUT2D eigenvalue weighted by Gasteiger charge is -2.28. The normalized spacial score (nSPS) is 27.4. The lowest BCUT2D eigenvalue weighted by molar-refractivity contribution is 0.0332. The zero-order valence-electron chi connectivity index (χ0n) is 11.7. The minimum Gasteiger partial charge on any atom is -0.385 e. The first-order valence-electron chi connectivity index (χ1n) is 6.54. The first kappa shape index (κ1) is 12.6. The smallest absolute Gasteiger partial charge is 0.0904 e. The highest BCUT2D eigenvalue weighted by Crippen LogP contribution is 2.49. The van der Waals surface area contributed by atoms with Gasteiger partial charge in [-0.25, -0.2) is 0 Å². The van der Waals surface area contributed by atoms with E-state index in [1.807, 2.05) is 0 Å². The molecule has 1 aliphatic rings. The van der Waals surface area contributed by atoms with Crippen molar-refractivity contribution in [2.75, 3.05) is 0 Å². The van der Waals surface area contributed by atoms with Crippen molar-refractivity contribution in [3.63, 3.8) is 0 Å². The van der Waals surface area contributed by atoms with E-state index >= 15 is 0 Å². The van der Waals surface area contributed by atoms with Gasteiger partial charge < -0.3 is 5.11 Å². The monoisotopic (exact) mass is 232 g/mol. The average Bonchev–Trinajstić information content (AvgIpc) is 2.48. The minimum absolute atomic E-state index is 0.264. The van der Waals surface area contributed by atoms with Crippen molar-refractivity contribution < 1.29 is 5.11 Å². The standard InChI is InChI=1S/C16H24O/c1-11-8-13(3)14(9-12(11)2)16(17)7-6-15(4,5)10-16/h8-9,17H,6-7,10H2,1-5H3. The quantitative estimate of drug-likeness (QED) is 0.775. The molecule has 0 aromatic heterocycles. The number of rotatable bonds is 1. The number of aliphatic hydroxyl groups is 1. The fourth-order valence-corrected chi connectivity index (χ4v) is 3.21. The lowest BCUT2D eigenvalue weighted by Crippen LogP contribution is -2.24. The fraction of sp³-hybridized carbons (Fsp3) is 0.625. The summed E-state index contributed by atoms with van der Waals surface area (Å²) in [6.07, 6.45) is 2.88. The van der Waals surface area contributed by atoms with Gasteiger partial charge in [0.2, 0.25) is 0 Å². The second-order valence-electron chi connectivity index (χ2n) is 6.62. The van der Waals surface area contributed by atoms with Crippen molar-refractivity contribution in [1.29, 1.82) is 0 Å². The van der Waals surface area contributed by atoms with Crippen LogP contribution in [0.15, 0.2) is 12.1 Å². The van der Waals surface area contributed by atoms with E-state index in [2.05, 4.69) is 46.8 Å². The highest BCUT2D eigenvalue weighted by Gasteiger charge is 2.43. The highest BCUT2D eigenvalue weighted by atomic mass is 16.3. The van der Waals surface area contributed by atoms with Crippen LogP contribution in [0, 0.1) is 26.2 Å². The molecule has 1 aliphatic carbocycles. The summed E-state index contributed by atoms with van der Waals surface area (Å²) < 4.78 is 0. The van der Waals surface area contributed by atoms with E-state index in [0.29, 0.717) is 0 Å². The van der Waals surface area contributed by atoms with Crippen molar-refractivity contribution >= 4 is 0 Å². The first-order valence-corrected chi connectivity index (χ1v) is 6.54. The summed E-state index contributed by atoms with van der Waals surface area (Å²) in [4.78, 5) is 0. The molecule has 1 aromatic carbocycles. The number of aryl methyl sites for hydroxylation is 3. The van der Waals surface area contributed by atoms with Crippen LogP contribution in [0.3, 0.4) is 0 Å². The topological polar surface area (TPSA) is 20.2 Å². The van der Waals surface area contributed by atoms with Crippen molar-refractivity contribution in [1.82, 2.24) is 0 Å². The van der Waals surface area contributed by atoms with Gasteiger partial charge in [-0.1, -0.05) is 26.0 Å². The van der Waals surface area contributed by atoms with Gasteiger partial charge in [-0.2, -0.15) is 0 Å². The van der Waals surface area contributed by atoms with E-state index in [-0.39, 0.29) is 5.41 Å². The summed E-state index contributed by atoms with van der Waals surface area (Å²) >= 11 is 0. The molecule has 1 nitrogen and oxygen atoms in total. The van der Waals surface area contributed by atoms with Gasteiger partial charge in [0.1, 0.15) is 0 Å². The fourth-order valence-electron chi connectivity index (χ4n) is 3.21. The number of benzene rings is 1. The highest BCUT2D eigenvalue weighted by molar-refractivity contribution is 5.40. The van der Waals surface area contributed by atoms with Crippen LogP contribution in [0.4, 0.5) is 0 Å². The molecule has 0 aliphatic heterocycles. The Morgan fingerprint density at radius 2 is 1.53 bits per heavy atom. The Labute approximate surface area is 105 Å². The molecule has 0 bridgehead atoms. The van der Waals surface area contributed by atoms with Crippen LogP contribution in [-0.4, -0.2) is 5.11 Å². The summed E-state index contributed by atoms with van der Waals surface area (Å²) in [6.45, 7) is 10.9. The average molecular weight is 232 g/mol. The van der Waals surface area contributed by atoms with Crippen LogP contribution in [0.25, 0.3) is 0 Å². The zero-order chi connectivity index (χ0) is 12.8. The van der Waals surface area contributed by atoms with Gasteiger partial charge in [0.05, 0.1) is 5.60 Å². The number of hydrogen-bond acceptors (Lipinski definition) is 1. The Bertz CT molecular complexity index is 445. The van der Waals surface area contributed by atoms with E-state index in [9.17, 15) is 5.11 Å². The summed E-state index contributed by atoms with van der Waals surface area (Å²) in [6, 6.07) is 4.39. The molecule has 0 radical (unpaired) electrons. The Kier molecular flexibility index (Phi) is 2.86. The molecule has 0 heterocycles.